The first-order chi connectivity index (χ1) is 15.4. The van der Waals surface area contributed by atoms with Crippen molar-refractivity contribution in [3.05, 3.63) is 53.3 Å². The smallest absolute Gasteiger partial charge is 0.238 e. The van der Waals surface area contributed by atoms with E-state index in [1.807, 2.05) is 24.3 Å². The second kappa shape index (κ2) is 10.6. The van der Waals surface area contributed by atoms with Gasteiger partial charge in [0.25, 0.3) is 0 Å². The van der Waals surface area contributed by atoms with E-state index in [2.05, 4.69) is 25.6 Å². The maximum absolute atomic E-state index is 12.5. The van der Waals surface area contributed by atoms with E-state index in [0.717, 1.165) is 0 Å². The number of likely N-dealkylation sites (N-methyl/N-ethyl adjacent to an activating group) is 1. The minimum absolute atomic E-state index is 0.0638. The lowest BCUT2D eigenvalue weighted by atomic mass is 10.3. The molecule has 1 heterocycles. The highest BCUT2D eigenvalue weighted by molar-refractivity contribution is 6.31. The number of halogens is 1. The monoisotopic (exact) mass is 457 g/mol. The zero-order valence-electron chi connectivity index (χ0n) is 17.9. The van der Waals surface area contributed by atoms with Crippen molar-refractivity contribution < 1.29 is 14.3 Å². The number of nitrogens with two attached hydrogens (primary N) is 1. The molecule has 0 aliphatic carbocycles. The van der Waals surface area contributed by atoms with Crippen molar-refractivity contribution in [3.8, 4) is 11.5 Å². The maximum Gasteiger partial charge on any atom is 0.238 e. The molecule has 168 valence electrons. The first-order valence-corrected chi connectivity index (χ1v) is 9.98. The van der Waals surface area contributed by atoms with E-state index in [0.29, 0.717) is 33.7 Å². The highest BCUT2D eigenvalue weighted by atomic mass is 35.5. The zero-order chi connectivity index (χ0) is 23.1. The Balaban J connectivity index is 1.65. The van der Waals surface area contributed by atoms with Crippen molar-refractivity contribution in [1.82, 2.24) is 19.9 Å². The Morgan fingerprint density at radius 2 is 1.78 bits per heavy atom. The number of nitrogens with zero attached hydrogens (tertiary/aromatic N) is 4. The molecular weight excluding hydrogens is 434 g/mol. The van der Waals surface area contributed by atoms with Crippen LogP contribution in [0.2, 0.25) is 5.02 Å². The molecule has 0 saturated heterocycles. The van der Waals surface area contributed by atoms with Crippen LogP contribution in [0.1, 0.15) is 5.82 Å². The third-order valence-corrected chi connectivity index (χ3v) is 4.55. The standard InChI is InChI=1S/C21H24ClN7O3/c1-29(12-19(30)24-15-10-13(22)8-9-17(15)32-3)11-18-26-20(23)28-21(27-18)25-14-6-4-5-7-16(14)31-2/h4-10H,11-12H2,1-3H3,(H,24,30)(H3,23,25,26,27,28). The van der Waals surface area contributed by atoms with Crippen LogP contribution in [-0.2, 0) is 11.3 Å². The lowest BCUT2D eigenvalue weighted by molar-refractivity contribution is -0.117. The maximum atomic E-state index is 12.5. The van der Waals surface area contributed by atoms with Gasteiger partial charge in [0.2, 0.25) is 17.8 Å². The zero-order valence-corrected chi connectivity index (χ0v) is 18.7. The van der Waals surface area contributed by atoms with Gasteiger partial charge in [-0.2, -0.15) is 15.0 Å². The number of nitrogen functional groups attached to an aromatic ring is 1. The molecule has 0 aliphatic rings. The van der Waals surface area contributed by atoms with Crippen LogP contribution in [0.5, 0.6) is 11.5 Å². The Kier molecular flexibility index (Phi) is 7.63. The molecule has 0 fully saturated rings. The molecule has 0 unspecified atom stereocenters. The van der Waals surface area contributed by atoms with Gasteiger partial charge in [0.15, 0.2) is 0 Å². The Morgan fingerprint density at radius 3 is 2.53 bits per heavy atom. The summed E-state index contributed by atoms with van der Waals surface area (Å²) in [7, 11) is 4.86. The summed E-state index contributed by atoms with van der Waals surface area (Å²) in [6.45, 7) is 0.351. The van der Waals surface area contributed by atoms with Crippen LogP contribution < -0.4 is 25.8 Å². The van der Waals surface area contributed by atoms with Gasteiger partial charge in [0, 0.05) is 5.02 Å². The van der Waals surface area contributed by atoms with Crippen LogP contribution in [-0.4, -0.2) is 53.6 Å². The fourth-order valence-corrected chi connectivity index (χ4v) is 3.12. The molecule has 3 rings (SSSR count). The van der Waals surface area contributed by atoms with Crippen molar-refractivity contribution in [3.63, 3.8) is 0 Å². The van der Waals surface area contributed by atoms with E-state index in [1.165, 1.54) is 7.11 Å². The molecular formula is C21H24ClN7O3. The molecule has 10 nitrogen and oxygen atoms in total. The Morgan fingerprint density at radius 1 is 1.06 bits per heavy atom. The van der Waals surface area contributed by atoms with Crippen molar-refractivity contribution in [2.45, 2.75) is 6.54 Å². The molecule has 0 radical (unpaired) electrons. The quantitative estimate of drug-likeness (QED) is 0.444. The summed E-state index contributed by atoms with van der Waals surface area (Å²) in [5.41, 5.74) is 7.03. The number of anilines is 4. The summed E-state index contributed by atoms with van der Waals surface area (Å²) in [5.74, 6) is 1.65. The summed E-state index contributed by atoms with van der Waals surface area (Å²) in [6, 6.07) is 12.4. The number of amides is 1. The molecule has 0 saturated carbocycles. The number of nitrogens with one attached hydrogen (secondary N) is 2. The first-order valence-electron chi connectivity index (χ1n) is 9.60. The van der Waals surface area contributed by atoms with Crippen LogP contribution in [0.3, 0.4) is 0 Å². The average molecular weight is 458 g/mol. The molecule has 0 atom stereocenters. The molecule has 4 N–H and O–H groups in total. The fraction of sp³-hybridized carbons (Fsp3) is 0.238. The van der Waals surface area contributed by atoms with E-state index in [-0.39, 0.29) is 30.9 Å². The number of hydrogen-bond donors (Lipinski definition) is 3. The Labute approximate surface area is 190 Å². The minimum atomic E-state index is -0.248. The van der Waals surface area contributed by atoms with E-state index in [1.54, 1.807) is 37.3 Å². The fourth-order valence-electron chi connectivity index (χ4n) is 2.94. The number of hydrogen-bond acceptors (Lipinski definition) is 9. The SMILES string of the molecule is COc1ccc(Cl)cc1NC(=O)CN(C)Cc1nc(N)nc(Nc2ccccc2OC)n1. The predicted octanol–water partition coefficient (Wildman–Crippen LogP) is 2.94. The van der Waals surface area contributed by atoms with Crippen LogP contribution in [0.4, 0.5) is 23.3 Å². The molecule has 0 aliphatic heterocycles. The van der Waals surface area contributed by atoms with E-state index >= 15 is 0 Å². The number of benzene rings is 2. The van der Waals surface area contributed by atoms with Crippen molar-refractivity contribution >= 4 is 40.8 Å². The number of carbonyl (C=O) groups excluding carboxylic acids is 1. The highest BCUT2D eigenvalue weighted by Gasteiger charge is 2.14. The summed E-state index contributed by atoms with van der Waals surface area (Å²) in [6.07, 6.45) is 0. The number of carbonyl (C=O) groups is 1. The van der Waals surface area contributed by atoms with Crippen LogP contribution in [0.25, 0.3) is 0 Å². The second-order valence-corrected chi connectivity index (χ2v) is 7.26. The van der Waals surface area contributed by atoms with E-state index in [4.69, 9.17) is 26.8 Å². The molecule has 3 aromatic rings. The van der Waals surface area contributed by atoms with E-state index < -0.39 is 0 Å². The van der Waals surface area contributed by atoms with Gasteiger partial charge in [-0.1, -0.05) is 23.7 Å². The normalized spacial score (nSPS) is 10.7. The number of ether oxygens (including phenoxy) is 2. The molecule has 32 heavy (non-hydrogen) atoms. The Bertz CT molecular complexity index is 1100. The molecule has 1 amide bonds. The van der Waals surface area contributed by atoms with Gasteiger partial charge < -0.3 is 25.8 Å². The number of rotatable bonds is 9. The second-order valence-electron chi connectivity index (χ2n) is 6.82. The number of aromatic nitrogens is 3. The van der Waals surface area contributed by atoms with Crippen LogP contribution in [0.15, 0.2) is 42.5 Å². The van der Waals surface area contributed by atoms with Crippen LogP contribution >= 0.6 is 11.6 Å². The van der Waals surface area contributed by atoms with E-state index in [9.17, 15) is 4.79 Å². The van der Waals surface area contributed by atoms with Gasteiger partial charge in [-0.05, 0) is 37.4 Å². The van der Waals surface area contributed by atoms with Gasteiger partial charge in [-0.3, -0.25) is 9.69 Å². The summed E-state index contributed by atoms with van der Waals surface area (Å²) in [4.78, 5) is 26.9. The van der Waals surface area contributed by atoms with Crippen molar-refractivity contribution in [2.24, 2.45) is 0 Å². The molecule has 0 bridgehead atoms. The number of methoxy groups -OCH3 is 2. The summed E-state index contributed by atoms with van der Waals surface area (Å²) in [5, 5.41) is 6.36. The van der Waals surface area contributed by atoms with Crippen LogP contribution in [0, 0.1) is 0 Å². The number of para-hydroxylation sites is 2. The summed E-state index contributed by atoms with van der Waals surface area (Å²) >= 11 is 6.01. The Hall–Kier alpha value is -3.63. The highest BCUT2D eigenvalue weighted by Crippen LogP contribution is 2.28. The third kappa shape index (κ3) is 6.19. The molecule has 1 aromatic heterocycles. The third-order valence-electron chi connectivity index (χ3n) is 4.31. The van der Waals surface area contributed by atoms with Gasteiger partial charge in [0.05, 0.1) is 38.7 Å². The largest absolute Gasteiger partial charge is 0.495 e. The van der Waals surface area contributed by atoms with Gasteiger partial charge in [-0.25, -0.2) is 0 Å². The van der Waals surface area contributed by atoms with Crippen molar-refractivity contribution in [1.29, 1.82) is 0 Å². The van der Waals surface area contributed by atoms with Crippen molar-refractivity contribution in [2.75, 3.05) is 44.2 Å². The average Bonchev–Trinajstić information content (AvgIpc) is 2.73. The van der Waals surface area contributed by atoms with Gasteiger partial charge >= 0.3 is 0 Å². The topological polar surface area (TPSA) is 128 Å². The molecule has 0 spiro atoms. The minimum Gasteiger partial charge on any atom is -0.495 e. The summed E-state index contributed by atoms with van der Waals surface area (Å²) < 4.78 is 10.6. The first kappa shape index (κ1) is 23.0. The van der Waals surface area contributed by atoms with Gasteiger partial charge in [0.1, 0.15) is 17.3 Å². The lowest BCUT2D eigenvalue weighted by Crippen LogP contribution is -2.30. The predicted molar refractivity (Wildman–Crippen MR) is 123 cm³/mol. The molecule has 11 heteroatoms. The molecule has 2 aromatic carbocycles. The lowest BCUT2D eigenvalue weighted by Gasteiger charge is -2.17. The van der Waals surface area contributed by atoms with Gasteiger partial charge in [-0.15, -0.1) is 0 Å².